The van der Waals surface area contributed by atoms with Gasteiger partial charge in [0.25, 0.3) is 0 Å². The zero-order chi connectivity index (χ0) is 23.7. The maximum atomic E-state index is 13.7. The third-order valence-corrected chi connectivity index (χ3v) is 6.62. The minimum Gasteiger partial charge on any atom is -0.508 e. The second-order valence-corrected chi connectivity index (χ2v) is 11.3. The molecule has 2 aromatic carbocycles. The van der Waals surface area contributed by atoms with Crippen molar-refractivity contribution in [3.63, 3.8) is 0 Å². The van der Waals surface area contributed by atoms with E-state index in [-0.39, 0.29) is 34.3 Å². The Kier molecular flexibility index (Phi) is 6.92. The third-order valence-electron chi connectivity index (χ3n) is 6.62. The summed E-state index contributed by atoms with van der Waals surface area (Å²) in [5.41, 5.74) is 2.86. The van der Waals surface area contributed by atoms with Crippen molar-refractivity contribution in [1.82, 2.24) is 5.32 Å². The first-order valence-corrected chi connectivity index (χ1v) is 11.8. The molecule has 0 heterocycles. The molecule has 1 aliphatic rings. The van der Waals surface area contributed by atoms with Crippen molar-refractivity contribution < 1.29 is 15.0 Å². The van der Waals surface area contributed by atoms with E-state index in [2.05, 4.69) is 46.9 Å². The number of hydrogen-bond acceptors (Lipinski definition) is 3. The topological polar surface area (TPSA) is 69.6 Å². The van der Waals surface area contributed by atoms with Crippen molar-refractivity contribution in [3.8, 4) is 11.5 Å². The molecule has 0 atom stereocenters. The summed E-state index contributed by atoms with van der Waals surface area (Å²) in [5.74, 6) is -0.814. The molecular weight excluding hydrogens is 398 g/mol. The van der Waals surface area contributed by atoms with Gasteiger partial charge in [0.15, 0.2) is 0 Å². The summed E-state index contributed by atoms with van der Waals surface area (Å²) in [6.45, 7) is 12.7. The zero-order valence-electron chi connectivity index (χ0n) is 20.5. The first kappa shape index (κ1) is 24.2. The van der Waals surface area contributed by atoms with Gasteiger partial charge in [0.05, 0.1) is 5.92 Å². The lowest BCUT2D eigenvalue weighted by molar-refractivity contribution is -0.122. The Labute approximate surface area is 193 Å². The summed E-state index contributed by atoms with van der Waals surface area (Å²) in [5, 5.41) is 24.9. The molecule has 0 bridgehead atoms. The molecule has 0 aliphatic heterocycles. The molecule has 0 spiro atoms. The Morgan fingerprint density at radius 3 is 1.66 bits per heavy atom. The number of phenolic OH excluding ortho intramolecular Hbond substituents is 2. The Bertz CT molecular complexity index is 896. The van der Waals surface area contributed by atoms with E-state index in [0.717, 1.165) is 36.8 Å². The van der Waals surface area contributed by atoms with E-state index in [1.165, 1.54) is 6.42 Å². The van der Waals surface area contributed by atoms with Gasteiger partial charge in [0.2, 0.25) is 5.91 Å². The molecule has 1 saturated carbocycles. The van der Waals surface area contributed by atoms with E-state index < -0.39 is 5.92 Å². The predicted molar refractivity (Wildman–Crippen MR) is 130 cm³/mol. The Balaban J connectivity index is 2.14. The Morgan fingerprint density at radius 2 is 1.25 bits per heavy atom. The molecule has 0 saturated heterocycles. The number of benzene rings is 2. The fourth-order valence-electron chi connectivity index (χ4n) is 4.49. The van der Waals surface area contributed by atoms with Crippen molar-refractivity contribution in [2.75, 3.05) is 0 Å². The van der Waals surface area contributed by atoms with Crippen molar-refractivity contribution in [1.29, 1.82) is 0 Å². The van der Waals surface area contributed by atoms with Crippen molar-refractivity contribution in [2.24, 2.45) is 0 Å². The number of carbonyl (C=O) groups excluding carboxylic acids is 1. The zero-order valence-corrected chi connectivity index (χ0v) is 20.5. The summed E-state index contributed by atoms with van der Waals surface area (Å²) in [6.07, 6.45) is 5.38. The SMILES string of the molecule is CC(C)(C)c1ccc(O)c(C(C(=O)NC2CCCCC2)c2cc(C(C)(C)C)ccc2O)c1. The largest absolute Gasteiger partial charge is 0.508 e. The van der Waals surface area contributed by atoms with Crippen LogP contribution in [0.1, 0.15) is 102 Å². The molecule has 0 aromatic heterocycles. The molecule has 1 amide bonds. The molecule has 4 heteroatoms. The summed E-state index contributed by atoms with van der Waals surface area (Å²) in [4.78, 5) is 13.7. The highest BCUT2D eigenvalue weighted by atomic mass is 16.3. The van der Waals surface area contributed by atoms with Crippen LogP contribution in [0, 0.1) is 0 Å². The maximum absolute atomic E-state index is 13.7. The van der Waals surface area contributed by atoms with Gasteiger partial charge in [-0.3, -0.25) is 4.79 Å². The fraction of sp³-hybridized carbons (Fsp3) is 0.536. The highest BCUT2D eigenvalue weighted by Gasteiger charge is 2.32. The second kappa shape index (κ2) is 9.17. The van der Waals surface area contributed by atoms with Gasteiger partial charge in [-0.25, -0.2) is 0 Å². The first-order chi connectivity index (χ1) is 14.9. The quantitative estimate of drug-likeness (QED) is 0.528. The van der Waals surface area contributed by atoms with Crippen LogP contribution in [0.25, 0.3) is 0 Å². The lowest BCUT2D eigenvalue weighted by Crippen LogP contribution is -2.39. The minimum absolute atomic E-state index is 0.0716. The molecule has 1 fully saturated rings. The van der Waals surface area contributed by atoms with Crippen molar-refractivity contribution in [3.05, 3.63) is 58.7 Å². The number of aromatic hydroxyl groups is 2. The van der Waals surface area contributed by atoms with Crippen molar-refractivity contribution in [2.45, 2.75) is 96.4 Å². The molecule has 174 valence electrons. The molecule has 4 nitrogen and oxygen atoms in total. The lowest BCUT2D eigenvalue weighted by Gasteiger charge is -2.29. The lowest BCUT2D eigenvalue weighted by atomic mass is 9.80. The summed E-state index contributed by atoms with van der Waals surface area (Å²) >= 11 is 0. The number of phenols is 2. The normalized spacial score (nSPS) is 15.7. The highest BCUT2D eigenvalue weighted by Crippen LogP contribution is 2.40. The monoisotopic (exact) mass is 437 g/mol. The fourth-order valence-corrected chi connectivity index (χ4v) is 4.49. The van der Waals surface area contributed by atoms with Crippen LogP contribution < -0.4 is 5.32 Å². The first-order valence-electron chi connectivity index (χ1n) is 11.8. The minimum atomic E-state index is -0.790. The predicted octanol–water partition coefficient (Wildman–Crippen LogP) is 6.27. The Morgan fingerprint density at radius 1 is 0.812 bits per heavy atom. The second-order valence-electron chi connectivity index (χ2n) is 11.3. The smallest absolute Gasteiger partial charge is 0.232 e. The van der Waals surface area contributed by atoms with E-state index in [1.54, 1.807) is 12.1 Å². The summed E-state index contributed by atoms with van der Waals surface area (Å²) in [6, 6.07) is 11.1. The number of nitrogens with one attached hydrogen (secondary N) is 1. The Hall–Kier alpha value is -2.49. The van der Waals surface area contributed by atoms with Crippen LogP contribution >= 0.6 is 0 Å². The standard InChI is InChI=1S/C28H39NO3/c1-27(2,3)18-12-14-23(30)21(16-18)25(26(32)29-20-10-8-7-9-11-20)22-17-19(28(4,5)6)13-15-24(22)31/h12-17,20,25,30-31H,7-11H2,1-6H3,(H,29,32). The van der Waals surface area contributed by atoms with E-state index in [4.69, 9.17) is 0 Å². The van der Waals surface area contributed by atoms with Gasteiger partial charge in [0.1, 0.15) is 11.5 Å². The van der Waals surface area contributed by atoms with Gasteiger partial charge in [-0.1, -0.05) is 85.1 Å². The van der Waals surface area contributed by atoms with Crippen LogP contribution in [-0.2, 0) is 15.6 Å². The van der Waals surface area contributed by atoms with Gasteiger partial charge in [-0.05, 0) is 46.9 Å². The summed E-state index contributed by atoms with van der Waals surface area (Å²) in [7, 11) is 0. The van der Waals surface area contributed by atoms with Crippen LogP contribution in [0.15, 0.2) is 36.4 Å². The molecule has 3 N–H and O–H groups in total. The van der Waals surface area contributed by atoms with Crippen LogP contribution in [0.3, 0.4) is 0 Å². The average molecular weight is 438 g/mol. The van der Waals surface area contributed by atoms with E-state index in [9.17, 15) is 15.0 Å². The van der Waals surface area contributed by atoms with Gasteiger partial charge in [-0.15, -0.1) is 0 Å². The maximum Gasteiger partial charge on any atom is 0.232 e. The number of carbonyl (C=O) groups is 1. The highest BCUT2D eigenvalue weighted by molar-refractivity contribution is 5.89. The number of amides is 1. The van der Waals surface area contributed by atoms with E-state index in [0.29, 0.717) is 11.1 Å². The van der Waals surface area contributed by atoms with Crippen LogP contribution in [-0.4, -0.2) is 22.2 Å². The molecular formula is C28H39NO3. The molecule has 1 aliphatic carbocycles. The number of rotatable bonds is 4. The summed E-state index contributed by atoms with van der Waals surface area (Å²) < 4.78 is 0. The van der Waals surface area contributed by atoms with Gasteiger partial charge < -0.3 is 15.5 Å². The van der Waals surface area contributed by atoms with Crippen LogP contribution in [0.2, 0.25) is 0 Å². The van der Waals surface area contributed by atoms with Crippen LogP contribution in [0.5, 0.6) is 11.5 Å². The van der Waals surface area contributed by atoms with Crippen LogP contribution in [0.4, 0.5) is 0 Å². The van der Waals surface area contributed by atoms with Crippen molar-refractivity contribution >= 4 is 5.91 Å². The molecule has 0 radical (unpaired) electrons. The van der Waals surface area contributed by atoms with Gasteiger partial charge >= 0.3 is 0 Å². The third kappa shape index (κ3) is 5.46. The molecule has 32 heavy (non-hydrogen) atoms. The molecule has 2 aromatic rings. The average Bonchev–Trinajstić information content (AvgIpc) is 2.70. The number of hydrogen-bond donors (Lipinski definition) is 3. The van der Waals surface area contributed by atoms with E-state index in [1.807, 2.05) is 24.3 Å². The van der Waals surface area contributed by atoms with Gasteiger partial charge in [0, 0.05) is 17.2 Å². The molecule has 0 unspecified atom stereocenters. The van der Waals surface area contributed by atoms with Gasteiger partial charge in [-0.2, -0.15) is 0 Å². The van der Waals surface area contributed by atoms with E-state index >= 15 is 0 Å². The molecule has 3 rings (SSSR count).